The molecule has 1 aromatic rings. The molecule has 1 aliphatic rings. The fourth-order valence-corrected chi connectivity index (χ4v) is 1.67. The first-order valence-corrected chi connectivity index (χ1v) is 5.82. The molecule has 1 fully saturated rings. The summed E-state index contributed by atoms with van der Waals surface area (Å²) in [5.74, 6) is 1.66. The number of anilines is 1. The molecule has 4 heteroatoms. The van der Waals surface area contributed by atoms with Gasteiger partial charge in [0.25, 0.3) is 0 Å². The topological polar surface area (TPSA) is 43.4 Å². The zero-order chi connectivity index (χ0) is 11.2. The molecule has 1 aromatic heterocycles. The highest BCUT2D eigenvalue weighted by atomic mass is 16.5. The largest absolute Gasteiger partial charge is 0.490 e. The van der Waals surface area contributed by atoms with Crippen LogP contribution in [-0.2, 0) is 4.74 Å². The zero-order valence-corrected chi connectivity index (χ0v) is 9.61. The van der Waals surface area contributed by atoms with Crippen LogP contribution in [0.1, 0.15) is 19.8 Å². The summed E-state index contributed by atoms with van der Waals surface area (Å²) in [7, 11) is 0. The molecular formula is C12H18N2O2. The predicted molar refractivity (Wildman–Crippen MR) is 62.9 cm³/mol. The molecule has 88 valence electrons. The van der Waals surface area contributed by atoms with Gasteiger partial charge in [-0.25, -0.2) is 4.98 Å². The molecule has 0 radical (unpaired) electrons. The van der Waals surface area contributed by atoms with Gasteiger partial charge in [0.05, 0.1) is 19.3 Å². The maximum Gasteiger partial charge on any atom is 0.169 e. The molecular weight excluding hydrogens is 204 g/mol. The van der Waals surface area contributed by atoms with Crippen molar-refractivity contribution in [2.45, 2.75) is 25.8 Å². The fourth-order valence-electron chi connectivity index (χ4n) is 1.67. The Labute approximate surface area is 96.0 Å². The molecule has 1 unspecified atom stereocenters. The maximum atomic E-state index is 5.63. The van der Waals surface area contributed by atoms with E-state index in [4.69, 9.17) is 9.47 Å². The number of nitrogens with zero attached hydrogens (tertiary/aromatic N) is 1. The maximum absolute atomic E-state index is 5.63. The lowest BCUT2D eigenvalue weighted by Crippen LogP contribution is -2.20. The minimum atomic E-state index is 0.360. The molecule has 2 rings (SSSR count). The van der Waals surface area contributed by atoms with E-state index in [0.29, 0.717) is 6.04 Å². The van der Waals surface area contributed by atoms with Crippen molar-refractivity contribution in [2.75, 3.05) is 25.1 Å². The van der Waals surface area contributed by atoms with Crippen LogP contribution in [0.3, 0.4) is 0 Å². The van der Waals surface area contributed by atoms with E-state index < -0.39 is 0 Å². The lowest BCUT2D eigenvalue weighted by molar-refractivity contribution is 0.195. The molecule has 0 saturated carbocycles. The van der Waals surface area contributed by atoms with Gasteiger partial charge in [0.15, 0.2) is 11.6 Å². The second kappa shape index (κ2) is 5.70. The summed E-state index contributed by atoms with van der Waals surface area (Å²) in [6.07, 6.45) is 3.81. The van der Waals surface area contributed by atoms with Gasteiger partial charge < -0.3 is 14.8 Å². The van der Waals surface area contributed by atoms with E-state index >= 15 is 0 Å². The van der Waals surface area contributed by atoms with Crippen molar-refractivity contribution in [3.8, 4) is 5.75 Å². The number of pyridine rings is 1. The van der Waals surface area contributed by atoms with Crippen LogP contribution in [0.2, 0.25) is 0 Å². The minimum Gasteiger partial charge on any atom is -0.490 e. The van der Waals surface area contributed by atoms with Crippen LogP contribution in [-0.4, -0.2) is 30.8 Å². The Kier molecular flexibility index (Phi) is 3.99. The van der Waals surface area contributed by atoms with Gasteiger partial charge in [-0.05, 0) is 25.0 Å². The highest BCUT2D eigenvalue weighted by molar-refractivity contribution is 5.50. The lowest BCUT2D eigenvalue weighted by Gasteiger charge is -2.14. The standard InChI is InChI=1S/C12H18N2O2/c1-2-7-16-11-4-3-6-13-12(11)14-10-5-8-15-9-10/h3-4,6,10H,2,5,7-9H2,1H3,(H,13,14). The average molecular weight is 222 g/mol. The Morgan fingerprint density at radius 1 is 1.62 bits per heavy atom. The third kappa shape index (κ3) is 2.85. The van der Waals surface area contributed by atoms with Crippen LogP contribution in [0.25, 0.3) is 0 Å². The number of hydrogen-bond donors (Lipinski definition) is 1. The van der Waals surface area contributed by atoms with Crippen LogP contribution >= 0.6 is 0 Å². The molecule has 1 aliphatic heterocycles. The zero-order valence-electron chi connectivity index (χ0n) is 9.61. The molecule has 1 N–H and O–H groups in total. The summed E-state index contributed by atoms with van der Waals surface area (Å²) in [4.78, 5) is 4.30. The van der Waals surface area contributed by atoms with Gasteiger partial charge >= 0.3 is 0 Å². The van der Waals surface area contributed by atoms with Crippen molar-refractivity contribution < 1.29 is 9.47 Å². The normalized spacial score (nSPS) is 19.7. The first-order valence-electron chi connectivity index (χ1n) is 5.82. The Bertz CT molecular complexity index is 325. The minimum absolute atomic E-state index is 0.360. The number of ether oxygens (including phenoxy) is 2. The van der Waals surface area contributed by atoms with E-state index in [0.717, 1.165) is 44.2 Å². The highest BCUT2D eigenvalue weighted by Crippen LogP contribution is 2.23. The molecule has 16 heavy (non-hydrogen) atoms. The van der Waals surface area contributed by atoms with Crippen molar-refractivity contribution in [3.63, 3.8) is 0 Å². The van der Waals surface area contributed by atoms with Crippen molar-refractivity contribution in [1.82, 2.24) is 4.98 Å². The van der Waals surface area contributed by atoms with E-state index in [1.165, 1.54) is 0 Å². The molecule has 4 nitrogen and oxygen atoms in total. The highest BCUT2D eigenvalue weighted by Gasteiger charge is 2.17. The van der Waals surface area contributed by atoms with E-state index in [1.54, 1.807) is 6.20 Å². The molecule has 0 amide bonds. The summed E-state index contributed by atoms with van der Waals surface area (Å²) in [6, 6.07) is 4.20. The summed E-state index contributed by atoms with van der Waals surface area (Å²) in [5, 5.41) is 3.36. The Hall–Kier alpha value is -1.29. The van der Waals surface area contributed by atoms with Crippen molar-refractivity contribution in [2.24, 2.45) is 0 Å². The van der Waals surface area contributed by atoms with E-state index in [1.807, 2.05) is 12.1 Å². The third-order valence-corrected chi connectivity index (χ3v) is 2.50. The van der Waals surface area contributed by atoms with Crippen LogP contribution in [0, 0.1) is 0 Å². The van der Waals surface area contributed by atoms with Gasteiger partial charge in [0.1, 0.15) is 0 Å². The molecule has 0 bridgehead atoms. The average Bonchev–Trinajstić information content (AvgIpc) is 2.81. The monoisotopic (exact) mass is 222 g/mol. The third-order valence-electron chi connectivity index (χ3n) is 2.50. The number of rotatable bonds is 5. The molecule has 0 spiro atoms. The number of aromatic nitrogens is 1. The SMILES string of the molecule is CCCOc1cccnc1NC1CCOC1. The number of hydrogen-bond acceptors (Lipinski definition) is 4. The molecule has 1 atom stereocenters. The molecule has 1 saturated heterocycles. The van der Waals surface area contributed by atoms with Crippen molar-refractivity contribution >= 4 is 5.82 Å². The first-order chi connectivity index (χ1) is 7.90. The van der Waals surface area contributed by atoms with Crippen LogP contribution in [0.5, 0.6) is 5.75 Å². The smallest absolute Gasteiger partial charge is 0.169 e. The molecule has 0 aliphatic carbocycles. The van der Waals surface area contributed by atoms with E-state index in [2.05, 4.69) is 17.2 Å². The Morgan fingerprint density at radius 3 is 3.31 bits per heavy atom. The van der Waals surface area contributed by atoms with Gasteiger partial charge in [-0.2, -0.15) is 0 Å². The fraction of sp³-hybridized carbons (Fsp3) is 0.583. The number of nitrogens with one attached hydrogen (secondary N) is 1. The van der Waals surface area contributed by atoms with Crippen molar-refractivity contribution in [1.29, 1.82) is 0 Å². The Morgan fingerprint density at radius 2 is 2.56 bits per heavy atom. The van der Waals surface area contributed by atoms with Crippen molar-refractivity contribution in [3.05, 3.63) is 18.3 Å². The van der Waals surface area contributed by atoms with Crippen LogP contribution < -0.4 is 10.1 Å². The molecule has 0 aromatic carbocycles. The van der Waals surface area contributed by atoms with Crippen LogP contribution in [0.15, 0.2) is 18.3 Å². The summed E-state index contributed by atoms with van der Waals surface area (Å²) < 4.78 is 10.9. The van der Waals surface area contributed by atoms with Gasteiger partial charge in [-0.15, -0.1) is 0 Å². The summed E-state index contributed by atoms with van der Waals surface area (Å²) in [5.41, 5.74) is 0. The lowest BCUT2D eigenvalue weighted by atomic mass is 10.2. The van der Waals surface area contributed by atoms with Crippen LogP contribution in [0.4, 0.5) is 5.82 Å². The van der Waals surface area contributed by atoms with Gasteiger partial charge in [0, 0.05) is 12.8 Å². The first kappa shape index (κ1) is 11.2. The summed E-state index contributed by atoms with van der Waals surface area (Å²) >= 11 is 0. The van der Waals surface area contributed by atoms with E-state index in [9.17, 15) is 0 Å². The Balaban J connectivity index is 2.00. The second-order valence-electron chi connectivity index (χ2n) is 3.90. The predicted octanol–water partition coefficient (Wildman–Crippen LogP) is 2.07. The molecule has 2 heterocycles. The summed E-state index contributed by atoms with van der Waals surface area (Å²) in [6.45, 7) is 4.40. The van der Waals surface area contributed by atoms with Gasteiger partial charge in [0.2, 0.25) is 0 Å². The van der Waals surface area contributed by atoms with Gasteiger partial charge in [-0.1, -0.05) is 6.92 Å². The second-order valence-corrected chi connectivity index (χ2v) is 3.90. The van der Waals surface area contributed by atoms with Gasteiger partial charge in [-0.3, -0.25) is 0 Å². The van der Waals surface area contributed by atoms with E-state index in [-0.39, 0.29) is 0 Å². The quantitative estimate of drug-likeness (QED) is 0.828.